The minimum atomic E-state index is 0.125. The number of benzene rings is 1. The number of H-pyrrole nitrogens is 1. The predicted molar refractivity (Wildman–Crippen MR) is 94.1 cm³/mol. The van der Waals surface area contributed by atoms with Crippen LogP contribution in [0, 0.1) is 6.92 Å². The molecule has 124 valence electrons. The van der Waals surface area contributed by atoms with Crippen molar-refractivity contribution in [2.75, 3.05) is 13.1 Å². The van der Waals surface area contributed by atoms with Gasteiger partial charge in [-0.25, -0.2) is 4.98 Å². The highest BCUT2D eigenvalue weighted by Crippen LogP contribution is 2.28. The van der Waals surface area contributed by atoms with Gasteiger partial charge in [-0.1, -0.05) is 18.2 Å². The normalized spacial score (nSPS) is 18.2. The van der Waals surface area contributed by atoms with E-state index in [0.717, 1.165) is 53.9 Å². The standard InChI is InChI=1S/C19H22N4O/c1-13-10-20-18(21-13)14-6-5-9-23(11-14)19(24)16-12-22(2)17-8-4-3-7-15(16)17/h3-4,7-8,10,12,14H,5-6,9,11H2,1-2H3,(H,20,21). The number of carbonyl (C=O) groups is 1. The van der Waals surface area contributed by atoms with E-state index in [0.29, 0.717) is 5.92 Å². The second-order valence-electron chi connectivity index (χ2n) is 6.71. The smallest absolute Gasteiger partial charge is 0.256 e. The van der Waals surface area contributed by atoms with Crippen LogP contribution >= 0.6 is 0 Å². The van der Waals surface area contributed by atoms with Gasteiger partial charge in [0.05, 0.1) is 5.56 Å². The summed E-state index contributed by atoms with van der Waals surface area (Å²) < 4.78 is 2.03. The zero-order chi connectivity index (χ0) is 16.7. The van der Waals surface area contributed by atoms with Crippen LogP contribution in [0.4, 0.5) is 0 Å². The van der Waals surface area contributed by atoms with Gasteiger partial charge >= 0.3 is 0 Å². The van der Waals surface area contributed by atoms with Crippen LogP contribution in [0.2, 0.25) is 0 Å². The summed E-state index contributed by atoms with van der Waals surface area (Å²) in [4.78, 5) is 22.9. The van der Waals surface area contributed by atoms with Crippen LogP contribution in [0.1, 0.15) is 40.6 Å². The predicted octanol–water partition coefficient (Wildman–Crippen LogP) is 3.23. The number of nitrogens with one attached hydrogen (secondary N) is 1. The van der Waals surface area contributed by atoms with Crippen LogP contribution < -0.4 is 0 Å². The summed E-state index contributed by atoms with van der Waals surface area (Å²) in [5, 5.41) is 1.03. The third-order valence-electron chi connectivity index (χ3n) is 4.95. The summed E-state index contributed by atoms with van der Waals surface area (Å²) in [6.45, 7) is 3.56. The van der Waals surface area contributed by atoms with Crippen LogP contribution in [-0.4, -0.2) is 38.4 Å². The highest BCUT2D eigenvalue weighted by molar-refractivity contribution is 6.07. The van der Waals surface area contributed by atoms with Crippen LogP contribution in [0.25, 0.3) is 10.9 Å². The van der Waals surface area contributed by atoms with Crippen molar-refractivity contribution in [3.8, 4) is 0 Å². The molecule has 0 spiro atoms. The van der Waals surface area contributed by atoms with Gasteiger partial charge in [0.25, 0.3) is 5.91 Å². The molecule has 1 fully saturated rings. The number of piperidine rings is 1. The molecule has 4 rings (SSSR count). The van der Waals surface area contributed by atoms with Gasteiger partial charge in [0.15, 0.2) is 0 Å². The number of hydrogen-bond donors (Lipinski definition) is 1. The summed E-state index contributed by atoms with van der Waals surface area (Å²) >= 11 is 0. The number of para-hydroxylation sites is 1. The van der Waals surface area contributed by atoms with Gasteiger partial charge in [-0.2, -0.15) is 0 Å². The first-order valence-electron chi connectivity index (χ1n) is 8.48. The molecule has 1 saturated heterocycles. The lowest BCUT2D eigenvalue weighted by Gasteiger charge is -2.31. The lowest BCUT2D eigenvalue weighted by Crippen LogP contribution is -2.39. The molecule has 5 heteroatoms. The second kappa shape index (κ2) is 5.82. The monoisotopic (exact) mass is 322 g/mol. The lowest BCUT2D eigenvalue weighted by molar-refractivity contribution is 0.0706. The van der Waals surface area contributed by atoms with Crippen LogP contribution in [-0.2, 0) is 7.05 Å². The van der Waals surface area contributed by atoms with E-state index >= 15 is 0 Å². The first-order valence-corrected chi connectivity index (χ1v) is 8.48. The Morgan fingerprint density at radius 3 is 2.96 bits per heavy atom. The number of aromatic amines is 1. The topological polar surface area (TPSA) is 53.9 Å². The third kappa shape index (κ3) is 2.50. The molecule has 24 heavy (non-hydrogen) atoms. The molecule has 0 aliphatic carbocycles. The van der Waals surface area contributed by atoms with E-state index in [2.05, 4.69) is 16.0 Å². The number of amides is 1. The molecule has 1 aliphatic heterocycles. The summed E-state index contributed by atoms with van der Waals surface area (Å²) in [7, 11) is 1.99. The van der Waals surface area contributed by atoms with Gasteiger partial charge < -0.3 is 14.5 Å². The highest BCUT2D eigenvalue weighted by Gasteiger charge is 2.28. The van der Waals surface area contributed by atoms with E-state index in [1.165, 1.54) is 0 Å². The van der Waals surface area contributed by atoms with Crippen molar-refractivity contribution in [2.45, 2.75) is 25.7 Å². The molecule has 3 aromatic rings. The van der Waals surface area contributed by atoms with Crippen molar-refractivity contribution >= 4 is 16.8 Å². The number of hydrogen-bond acceptors (Lipinski definition) is 2. The Kier molecular flexibility index (Phi) is 3.63. The molecule has 0 radical (unpaired) electrons. The Hall–Kier alpha value is -2.56. The average Bonchev–Trinajstić information content (AvgIpc) is 3.19. The van der Waals surface area contributed by atoms with Gasteiger partial charge in [-0.05, 0) is 25.8 Å². The number of rotatable bonds is 2. The maximum atomic E-state index is 13.1. The first kappa shape index (κ1) is 15.0. The van der Waals surface area contributed by atoms with Crippen LogP contribution in [0.5, 0.6) is 0 Å². The van der Waals surface area contributed by atoms with Crippen molar-refractivity contribution < 1.29 is 4.79 Å². The molecule has 3 heterocycles. The van der Waals surface area contributed by atoms with E-state index in [4.69, 9.17) is 0 Å². The molecule has 0 saturated carbocycles. The number of fused-ring (bicyclic) bond motifs is 1. The third-order valence-corrected chi connectivity index (χ3v) is 4.95. The molecule has 2 aromatic heterocycles. The maximum Gasteiger partial charge on any atom is 0.256 e. The molecule has 5 nitrogen and oxygen atoms in total. The molecule has 1 aliphatic rings. The number of aryl methyl sites for hydroxylation is 2. The zero-order valence-electron chi connectivity index (χ0n) is 14.1. The summed E-state index contributed by atoms with van der Waals surface area (Å²) in [6.07, 6.45) is 5.90. The van der Waals surface area contributed by atoms with E-state index in [-0.39, 0.29) is 5.91 Å². The molecule has 1 N–H and O–H groups in total. The maximum absolute atomic E-state index is 13.1. The molecular weight excluding hydrogens is 300 g/mol. The van der Waals surface area contributed by atoms with Gasteiger partial charge in [0.1, 0.15) is 5.82 Å². The largest absolute Gasteiger partial charge is 0.350 e. The average molecular weight is 322 g/mol. The quantitative estimate of drug-likeness (QED) is 0.787. The van der Waals surface area contributed by atoms with Crippen molar-refractivity contribution in [3.05, 3.63) is 53.7 Å². The fourth-order valence-corrected chi connectivity index (χ4v) is 3.71. The second-order valence-corrected chi connectivity index (χ2v) is 6.71. The van der Waals surface area contributed by atoms with Gasteiger partial charge in [-0.3, -0.25) is 4.79 Å². The lowest BCUT2D eigenvalue weighted by atomic mass is 9.96. The fraction of sp³-hybridized carbons (Fsp3) is 0.368. The van der Waals surface area contributed by atoms with Gasteiger partial charge in [0.2, 0.25) is 0 Å². The summed E-state index contributed by atoms with van der Waals surface area (Å²) in [5.74, 6) is 1.43. The SMILES string of the molecule is Cc1cnc(C2CCCN(C(=O)c3cn(C)c4ccccc34)C2)[nH]1. The Labute approximate surface area is 141 Å². The van der Waals surface area contributed by atoms with E-state index in [1.807, 2.05) is 54.0 Å². The van der Waals surface area contributed by atoms with E-state index in [9.17, 15) is 4.79 Å². The summed E-state index contributed by atoms with van der Waals surface area (Å²) in [6, 6.07) is 8.08. The van der Waals surface area contributed by atoms with Crippen LogP contribution in [0.15, 0.2) is 36.7 Å². The van der Waals surface area contributed by atoms with Crippen molar-refractivity contribution in [2.24, 2.45) is 7.05 Å². The highest BCUT2D eigenvalue weighted by atomic mass is 16.2. The molecule has 0 bridgehead atoms. The van der Waals surface area contributed by atoms with Crippen molar-refractivity contribution in [3.63, 3.8) is 0 Å². The molecule has 1 unspecified atom stereocenters. The number of aromatic nitrogens is 3. The number of imidazole rings is 1. The number of likely N-dealkylation sites (tertiary alicyclic amines) is 1. The van der Waals surface area contributed by atoms with Crippen molar-refractivity contribution in [1.82, 2.24) is 19.4 Å². The number of nitrogens with zero attached hydrogens (tertiary/aromatic N) is 3. The molecule has 1 amide bonds. The van der Waals surface area contributed by atoms with E-state index < -0.39 is 0 Å². The van der Waals surface area contributed by atoms with Gasteiger partial charge in [-0.15, -0.1) is 0 Å². The Balaban J connectivity index is 1.61. The molecule has 1 aromatic carbocycles. The number of carbonyl (C=O) groups excluding carboxylic acids is 1. The van der Waals surface area contributed by atoms with E-state index in [1.54, 1.807) is 0 Å². The van der Waals surface area contributed by atoms with Gasteiger partial charge in [0, 0.05) is 55.0 Å². The summed E-state index contributed by atoms with van der Waals surface area (Å²) in [5.41, 5.74) is 2.96. The Bertz CT molecular complexity index is 892. The van der Waals surface area contributed by atoms with Crippen molar-refractivity contribution in [1.29, 1.82) is 0 Å². The molecular formula is C19H22N4O. The fourth-order valence-electron chi connectivity index (χ4n) is 3.71. The zero-order valence-corrected chi connectivity index (χ0v) is 14.1. The minimum Gasteiger partial charge on any atom is -0.350 e. The Morgan fingerprint density at radius 1 is 1.33 bits per heavy atom. The first-order chi connectivity index (χ1) is 11.6. The Morgan fingerprint density at radius 2 is 2.17 bits per heavy atom. The molecule has 1 atom stereocenters. The minimum absolute atomic E-state index is 0.125. The van der Waals surface area contributed by atoms with Crippen LogP contribution in [0.3, 0.4) is 0 Å².